The molecule has 2 heterocycles. The fourth-order valence-electron chi connectivity index (χ4n) is 1.77. The highest BCUT2D eigenvalue weighted by molar-refractivity contribution is 9.10. The SMILES string of the molecule is O=C1NC(=N/N=C/c2[nH]ncc2Br)SC1c1ccccc1. The van der Waals surface area contributed by atoms with Crippen molar-refractivity contribution in [1.82, 2.24) is 15.5 Å². The van der Waals surface area contributed by atoms with Crippen molar-refractivity contribution >= 4 is 45.0 Å². The first-order chi connectivity index (χ1) is 10.2. The van der Waals surface area contributed by atoms with Gasteiger partial charge in [-0.15, -0.1) is 5.10 Å². The van der Waals surface area contributed by atoms with Crippen LogP contribution in [0.4, 0.5) is 0 Å². The van der Waals surface area contributed by atoms with Crippen LogP contribution in [-0.2, 0) is 4.79 Å². The second-order valence-electron chi connectivity index (χ2n) is 4.18. The molecule has 0 radical (unpaired) electrons. The van der Waals surface area contributed by atoms with E-state index in [0.717, 1.165) is 10.0 Å². The van der Waals surface area contributed by atoms with E-state index in [-0.39, 0.29) is 11.2 Å². The number of H-pyrrole nitrogens is 1. The summed E-state index contributed by atoms with van der Waals surface area (Å²) in [5.41, 5.74) is 1.67. The number of amides is 1. The van der Waals surface area contributed by atoms with Crippen LogP contribution >= 0.6 is 27.7 Å². The summed E-state index contributed by atoms with van der Waals surface area (Å²) in [4.78, 5) is 11.9. The number of carbonyl (C=O) groups excluding carboxylic acids is 1. The third-order valence-electron chi connectivity index (χ3n) is 2.76. The van der Waals surface area contributed by atoms with Gasteiger partial charge >= 0.3 is 0 Å². The highest BCUT2D eigenvalue weighted by atomic mass is 79.9. The quantitative estimate of drug-likeness (QED) is 0.648. The summed E-state index contributed by atoms with van der Waals surface area (Å²) in [6, 6.07) is 9.58. The van der Waals surface area contributed by atoms with Crippen molar-refractivity contribution in [3.63, 3.8) is 0 Å². The van der Waals surface area contributed by atoms with Crippen LogP contribution in [0.5, 0.6) is 0 Å². The zero-order valence-corrected chi connectivity index (χ0v) is 13.1. The molecule has 1 amide bonds. The maximum Gasteiger partial charge on any atom is 0.244 e. The van der Waals surface area contributed by atoms with Crippen molar-refractivity contribution in [2.45, 2.75) is 5.25 Å². The number of aromatic nitrogens is 2. The minimum absolute atomic E-state index is 0.0807. The number of rotatable bonds is 3. The van der Waals surface area contributed by atoms with E-state index in [1.54, 1.807) is 6.20 Å². The molecular formula is C13H10BrN5OS. The Bertz CT molecular complexity index is 712. The second kappa shape index (κ2) is 6.23. The molecule has 1 aliphatic heterocycles. The molecular weight excluding hydrogens is 354 g/mol. The van der Waals surface area contributed by atoms with Crippen molar-refractivity contribution in [2.75, 3.05) is 0 Å². The molecule has 0 bridgehead atoms. The number of hydrogen-bond donors (Lipinski definition) is 2. The predicted octanol–water partition coefficient (Wildman–Crippen LogP) is 2.47. The lowest BCUT2D eigenvalue weighted by atomic mass is 10.1. The van der Waals surface area contributed by atoms with E-state index >= 15 is 0 Å². The first-order valence-corrected chi connectivity index (χ1v) is 7.73. The lowest BCUT2D eigenvalue weighted by Gasteiger charge is -2.03. The van der Waals surface area contributed by atoms with Gasteiger partial charge in [-0.1, -0.05) is 42.1 Å². The third kappa shape index (κ3) is 3.22. The average Bonchev–Trinajstić information content (AvgIpc) is 3.06. The zero-order chi connectivity index (χ0) is 14.7. The maximum atomic E-state index is 11.9. The van der Waals surface area contributed by atoms with Gasteiger partial charge in [-0.2, -0.15) is 10.2 Å². The molecule has 106 valence electrons. The molecule has 0 spiro atoms. The van der Waals surface area contributed by atoms with Crippen LogP contribution in [0.15, 0.2) is 51.2 Å². The van der Waals surface area contributed by atoms with Crippen LogP contribution in [0.3, 0.4) is 0 Å². The Kier molecular flexibility index (Phi) is 4.16. The summed E-state index contributed by atoms with van der Waals surface area (Å²) in [7, 11) is 0. The number of thioether (sulfide) groups is 1. The molecule has 3 rings (SSSR count). The van der Waals surface area contributed by atoms with Gasteiger partial charge in [0.15, 0.2) is 5.17 Å². The Morgan fingerprint density at radius 1 is 1.33 bits per heavy atom. The summed E-state index contributed by atoms with van der Waals surface area (Å²) in [6.45, 7) is 0. The van der Waals surface area contributed by atoms with E-state index in [2.05, 4.69) is 41.6 Å². The van der Waals surface area contributed by atoms with Crippen molar-refractivity contribution < 1.29 is 4.79 Å². The summed E-state index contributed by atoms with van der Waals surface area (Å²) >= 11 is 4.67. The summed E-state index contributed by atoms with van der Waals surface area (Å²) < 4.78 is 0.803. The van der Waals surface area contributed by atoms with E-state index in [1.165, 1.54) is 18.0 Å². The Labute approximate surface area is 133 Å². The molecule has 1 fully saturated rings. The minimum Gasteiger partial charge on any atom is -0.302 e. The van der Waals surface area contributed by atoms with E-state index in [1.807, 2.05) is 30.3 Å². The molecule has 2 aromatic rings. The van der Waals surface area contributed by atoms with Gasteiger partial charge in [0.1, 0.15) is 5.25 Å². The topological polar surface area (TPSA) is 82.5 Å². The van der Waals surface area contributed by atoms with Crippen LogP contribution in [-0.4, -0.2) is 27.5 Å². The van der Waals surface area contributed by atoms with Gasteiger partial charge in [0, 0.05) is 0 Å². The van der Waals surface area contributed by atoms with Crippen LogP contribution in [0.25, 0.3) is 0 Å². The molecule has 1 aromatic heterocycles. The molecule has 0 aliphatic carbocycles. The fourth-order valence-corrected chi connectivity index (χ4v) is 3.00. The number of nitrogens with one attached hydrogen (secondary N) is 2. The first kappa shape index (κ1) is 14.0. The van der Waals surface area contributed by atoms with E-state index in [0.29, 0.717) is 10.9 Å². The number of benzene rings is 1. The third-order valence-corrected chi connectivity index (χ3v) is 4.52. The lowest BCUT2D eigenvalue weighted by molar-refractivity contribution is -0.118. The number of nitrogens with zero attached hydrogens (tertiary/aromatic N) is 3. The molecule has 2 N–H and O–H groups in total. The molecule has 8 heteroatoms. The predicted molar refractivity (Wildman–Crippen MR) is 86.2 cm³/mol. The van der Waals surface area contributed by atoms with Crippen molar-refractivity contribution in [3.8, 4) is 0 Å². The summed E-state index contributed by atoms with van der Waals surface area (Å²) in [5, 5.41) is 17.5. The summed E-state index contributed by atoms with van der Waals surface area (Å²) in [6.07, 6.45) is 3.17. The first-order valence-electron chi connectivity index (χ1n) is 6.06. The van der Waals surface area contributed by atoms with Crippen LogP contribution < -0.4 is 5.32 Å². The van der Waals surface area contributed by atoms with Crippen LogP contribution in [0.2, 0.25) is 0 Å². The van der Waals surface area contributed by atoms with Gasteiger partial charge in [0.2, 0.25) is 5.91 Å². The lowest BCUT2D eigenvalue weighted by Crippen LogP contribution is -2.21. The van der Waals surface area contributed by atoms with Gasteiger partial charge in [-0.3, -0.25) is 9.89 Å². The standard InChI is InChI=1S/C13H10BrN5OS/c14-9-6-15-18-10(9)7-16-19-13-17-12(20)11(21-13)8-4-2-1-3-5-8/h1-7,11H,(H,15,18)(H,17,19,20)/b16-7+. The van der Waals surface area contributed by atoms with Gasteiger partial charge in [0.25, 0.3) is 0 Å². The zero-order valence-electron chi connectivity index (χ0n) is 10.7. The maximum absolute atomic E-state index is 11.9. The molecule has 1 aromatic carbocycles. The number of amidine groups is 1. The average molecular weight is 364 g/mol. The van der Waals surface area contributed by atoms with Crippen LogP contribution in [0, 0.1) is 0 Å². The molecule has 0 saturated carbocycles. The summed E-state index contributed by atoms with van der Waals surface area (Å²) in [5.74, 6) is -0.0807. The van der Waals surface area contributed by atoms with E-state index in [4.69, 9.17) is 0 Å². The number of aromatic amines is 1. The van der Waals surface area contributed by atoms with Crippen molar-refractivity contribution in [3.05, 3.63) is 52.3 Å². The Morgan fingerprint density at radius 3 is 2.86 bits per heavy atom. The molecule has 1 unspecified atom stereocenters. The Hall–Kier alpha value is -1.93. The normalized spacial score (nSPS) is 20.3. The molecule has 1 aliphatic rings. The molecule has 6 nitrogen and oxygen atoms in total. The largest absolute Gasteiger partial charge is 0.302 e. The minimum atomic E-state index is -0.279. The Balaban J connectivity index is 1.71. The molecule has 21 heavy (non-hydrogen) atoms. The van der Waals surface area contributed by atoms with Gasteiger partial charge in [-0.25, -0.2) is 0 Å². The van der Waals surface area contributed by atoms with Crippen LogP contribution in [0.1, 0.15) is 16.5 Å². The van der Waals surface area contributed by atoms with Gasteiger partial charge in [0.05, 0.1) is 22.6 Å². The Morgan fingerprint density at radius 2 is 2.14 bits per heavy atom. The van der Waals surface area contributed by atoms with Crippen molar-refractivity contribution in [1.29, 1.82) is 0 Å². The fraction of sp³-hybridized carbons (Fsp3) is 0.0769. The second-order valence-corrected chi connectivity index (χ2v) is 6.13. The highest BCUT2D eigenvalue weighted by Crippen LogP contribution is 2.34. The number of hydrogen-bond acceptors (Lipinski definition) is 5. The molecule has 1 saturated heterocycles. The van der Waals surface area contributed by atoms with E-state index < -0.39 is 0 Å². The monoisotopic (exact) mass is 363 g/mol. The van der Waals surface area contributed by atoms with E-state index in [9.17, 15) is 4.79 Å². The van der Waals surface area contributed by atoms with Gasteiger partial charge < -0.3 is 5.32 Å². The van der Waals surface area contributed by atoms with Crippen molar-refractivity contribution in [2.24, 2.45) is 10.2 Å². The van der Waals surface area contributed by atoms with Gasteiger partial charge in [-0.05, 0) is 21.5 Å². The highest BCUT2D eigenvalue weighted by Gasteiger charge is 2.31. The number of halogens is 1. The smallest absolute Gasteiger partial charge is 0.244 e. The number of carbonyl (C=O) groups is 1. The molecule has 1 atom stereocenters.